The number of para-hydroxylation sites is 1. The van der Waals surface area contributed by atoms with Crippen molar-refractivity contribution in [2.24, 2.45) is 0 Å². The number of hydrogen-bond donors (Lipinski definition) is 1. The zero-order valence-corrected chi connectivity index (χ0v) is 12.8. The smallest absolute Gasteiger partial charge is 0.304 e. The van der Waals surface area contributed by atoms with Gasteiger partial charge in [0.05, 0.1) is 13.5 Å². The first-order chi connectivity index (χ1) is 9.49. The number of rotatable bonds is 8. The van der Waals surface area contributed by atoms with Gasteiger partial charge in [-0.2, -0.15) is 0 Å². The van der Waals surface area contributed by atoms with Gasteiger partial charge in [-0.05, 0) is 38.4 Å². The highest BCUT2D eigenvalue weighted by Gasteiger charge is 2.21. The Hall–Kier alpha value is -1.55. The average Bonchev–Trinajstić information content (AvgIpc) is 2.44. The van der Waals surface area contributed by atoms with Crippen LogP contribution < -0.4 is 4.74 Å². The molecule has 0 saturated carbocycles. The van der Waals surface area contributed by atoms with E-state index < -0.39 is 5.97 Å². The molecule has 2 atom stereocenters. The van der Waals surface area contributed by atoms with Crippen LogP contribution in [0, 0.1) is 0 Å². The molecule has 0 fully saturated rings. The molecule has 112 valence electrons. The zero-order chi connectivity index (χ0) is 15.1. The Morgan fingerprint density at radius 2 is 2.05 bits per heavy atom. The molecule has 20 heavy (non-hydrogen) atoms. The number of carboxylic acid groups (broad SMARTS) is 1. The van der Waals surface area contributed by atoms with Crippen molar-refractivity contribution < 1.29 is 14.6 Å². The summed E-state index contributed by atoms with van der Waals surface area (Å²) in [5.74, 6) is 0.146. The van der Waals surface area contributed by atoms with E-state index in [1.807, 2.05) is 32.2 Å². The highest BCUT2D eigenvalue weighted by atomic mass is 16.5. The second kappa shape index (κ2) is 7.90. The number of carboxylic acids is 1. The van der Waals surface area contributed by atoms with Crippen LogP contribution in [0.2, 0.25) is 0 Å². The Bertz CT molecular complexity index is 433. The second-order valence-electron chi connectivity index (χ2n) is 5.19. The second-order valence-corrected chi connectivity index (χ2v) is 5.19. The maximum Gasteiger partial charge on any atom is 0.304 e. The first kappa shape index (κ1) is 16.5. The van der Waals surface area contributed by atoms with Gasteiger partial charge in [-0.25, -0.2) is 0 Å². The topological polar surface area (TPSA) is 49.8 Å². The molecule has 4 heteroatoms. The van der Waals surface area contributed by atoms with E-state index in [1.54, 1.807) is 7.11 Å². The molecule has 0 heterocycles. The van der Waals surface area contributed by atoms with Gasteiger partial charge in [-0.3, -0.25) is 9.69 Å². The predicted octanol–water partition coefficient (Wildman–Crippen LogP) is 2.81. The summed E-state index contributed by atoms with van der Waals surface area (Å²) in [4.78, 5) is 13.1. The minimum absolute atomic E-state index is 0.0669. The minimum Gasteiger partial charge on any atom is -0.496 e. The van der Waals surface area contributed by atoms with Gasteiger partial charge < -0.3 is 9.84 Å². The summed E-state index contributed by atoms with van der Waals surface area (Å²) in [6, 6.07) is 8.29. The molecule has 1 aromatic rings. The van der Waals surface area contributed by atoms with Crippen LogP contribution in [0.25, 0.3) is 0 Å². The Morgan fingerprint density at radius 1 is 1.40 bits per heavy atom. The number of nitrogens with zero attached hydrogens (tertiary/aromatic N) is 1. The third kappa shape index (κ3) is 4.53. The molecule has 2 unspecified atom stereocenters. The standard InChI is InChI=1S/C16H25NO3/c1-5-14(11-16(18)19)17(3)12(2)10-13-8-6-7-9-15(13)20-4/h6-9,12,14H,5,10-11H2,1-4H3,(H,18,19). The van der Waals surface area contributed by atoms with Crippen molar-refractivity contribution in [2.75, 3.05) is 14.2 Å². The lowest BCUT2D eigenvalue weighted by Gasteiger charge is -2.32. The number of carbonyl (C=O) groups is 1. The maximum atomic E-state index is 10.9. The summed E-state index contributed by atoms with van der Waals surface area (Å²) in [6.07, 6.45) is 1.86. The van der Waals surface area contributed by atoms with Crippen LogP contribution in [0.5, 0.6) is 5.75 Å². The van der Waals surface area contributed by atoms with Crippen molar-refractivity contribution in [3.63, 3.8) is 0 Å². The van der Waals surface area contributed by atoms with E-state index in [-0.39, 0.29) is 18.5 Å². The summed E-state index contributed by atoms with van der Waals surface area (Å²) >= 11 is 0. The number of aliphatic carboxylic acids is 1. The molecule has 0 amide bonds. The number of hydrogen-bond acceptors (Lipinski definition) is 3. The van der Waals surface area contributed by atoms with Crippen molar-refractivity contribution in [1.29, 1.82) is 0 Å². The quantitative estimate of drug-likeness (QED) is 0.795. The summed E-state index contributed by atoms with van der Waals surface area (Å²) in [7, 11) is 3.67. The lowest BCUT2D eigenvalue weighted by atomic mass is 10.0. The van der Waals surface area contributed by atoms with Crippen LogP contribution in [0.3, 0.4) is 0 Å². The van der Waals surface area contributed by atoms with Crippen molar-refractivity contribution >= 4 is 5.97 Å². The van der Waals surface area contributed by atoms with Crippen LogP contribution in [0.1, 0.15) is 32.3 Å². The van der Waals surface area contributed by atoms with E-state index in [9.17, 15) is 4.79 Å². The molecule has 1 aromatic carbocycles. The summed E-state index contributed by atoms with van der Waals surface area (Å²) < 4.78 is 5.36. The number of methoxy groups -OCH3 is 1. The van der Waals surface area contributed by atoms with Gasteiger partial charge in [0.1, 0.15) is 5.75 Å². The third-order valence-electron chi connectivity index (χ3n) is 3.86. The molecule has 0 aliphatic carbocycles. The van der Waals surface area contributed by atoms with Gasteiger partial charge >= 0.3 is 5.97 Å². The van der Waals surface area contributed by atoms with Gasteiger partial charge in [0.2, 0.25) is 0 Å². The Balaban J connectivity index is 2.73. The van der Waals surface area contributed by atoms with Gasteiger partial charge in [0.25, 0.3) is 0 Å². The summed E-state index contributed by atoms with van der Waals surface area (Å²) in [5.41, 5.74) is 1.15. The Kier molecular flexibility index (Phi) is 6.52. The van der Waals surface area contributed by atoms with E-state index in [2.05, 4.69) is 17.9 Å². The predicted molar refractivity (Wildman–Crippen MR) is 80.3 cm³/mol. The Morgan fingerprint density at radius 3 is 2.60 bits per heavy atom. The number of benzene rings is 1. The molecule has 0 aliphatic rings. The van der Waals surface area contributed by atoms with E-state index in [0.717, 1.165) is 24.2 Å². The molecule has 0 aromatic heterocycles. The molecule has 1 rings (SSSR count). The lowest BCUT2D eigenvalue weighted by molar-refractivity contribution is -0.138. The van der Waals surface area contributed by atoms with Crippen LogP contribution in [-0.2, 0) is 11.2 Å². The highest BCUT2D eigenvalue weighted by molar-refractivity contribution is 5.67. The molecular weight excluding hydrogens is 254 g/mol. The van der Waals surface area contributed by atoms with E-state index in [1.165, 1.54) is 0 Å². The molecular formula is C16H25NO3. The van der Waals surface area contributed by atoms with E-state index in [4.69, 9.17) is 9.84 Å². The van der Waals surface area contributed by atoms with Gasteiger partial charge in [-0.15, -0.1) is 0 Å². The highest BCUT2D eigenvalue weighted by Crippen LogP contribution is 2.21. The molecule has 0 bridgehead atoms. The van der Waals surface area contributed by atoms with Crippen LogP contribution >= 0.6 is 0 Å². The molecule has 4 nitrogen and oxygen atoms in total. The Labute approximate surface area is 121 Å². The summed E-state index contributed by atoms with van der Waals surface area (Å²) in [6.45, 7) is 4.15. The average molecular weight is 279 g/mol. The maximum absolute atomic E-state index is 10.9. The SMILES string of the molecule is CCC(CC(=O)O)N(C)C(C)Cc1ccccc1OC. The molecule has 0 radical (unpaired) electrons. The first-order valence-corrected chi connectivity index (χ1v) is 7.05. The van der Waals surface area contributed by atoms with Crippen molar-refractivity contribution in [3.8, 4) is 5.75 Å². The minimum atomic E-state index is -0.742. The normalized spacial score (nSPS) is 14.1. The van der Waals surface area contributed by atoms with Gasteiger partial charge in [0.15, 0.2) is 0 Å². The molecule has 0 aliphatic heterocycles. The molecule has 1 N–H and O–H groups in total. The lowest BCUT2D eigenvalue weighted by Crippen LogP contribution is -2.40. The fourth-order valence-corrected chi connectivity index (χ4v) is 2.47. The fourth-order valence-electron chi connectivity index (χ4n) is 2.47. The zero-order valence-electron chi connectivity index (χ0n) is 12.8. The van der Waals surface area contributed by atoms with E-state index in [0.29, 0.717) is 0 Å². The van der Waals surface area contributed by atoms with Crippen LogP contribution in [0.15, 0.2) is 24.3 Å². The number of likely N-dealkylation sites (N-methyl/N-ethyl adjacent to an activating group) is 1. The molecule has 0 spiro atoms. The number of ether oxygens (including phenoxy) is 1. The van der Waals surface area contributed by atoms with Crippen molar-refractivity contribution in [1.82, 2.24) is 4.90 Å². The molecule has 0 saturated heterocycles. The van der Waals surface area contributed by atoms with Gasteiger partial charge in [-0.1, -0.05) is 25.1 Å². The van der Waals surface area contributed by atoms with Crippen LogP contribution in [0.4, 0.5) is 0 Å². The van der Waals surface area contributed by atoms with Crippen LogP contribution in [-0.4, -0.2) is 42.2 Å². The first-order valence-electron chi connectivity index (χ1n) is 7.05. The van der Waals surface area contributed by atoms with Crippen molar-refractivity contribution in [2.45, 2.75) is 45.2 Å². The third-order valence-corrected chi connectivity index (χ3v) is 3.86. The van der Waals surface area contributed by atoms with Gasteiger partial charge in [0, 0.05) is 12.1 Å². The van der Waals surface area contributed by atoms with Crippen molar-refractivity contribution in [3.05, 3.63) is 29.8 Å². The largest absolute Gasteiger partial charge is 0.496 e. The summed E-state index contributed by atoms with van der Waals surface area (Å²) in [5, 5.41) is 8.97. The fraction of sp³-hybridized carbons (Fsp3) is 0.562. The monoisotopic (exact) mass is 279 g/mol. The van der Waals surface area contributed by atoms with E-state index >= 15 is 0 Å².